The van der Waals surface area contributed by atoms with Crippen molar-refractivity contribution in [2.24, 2.45) is 0 Å². The SMILES string of the molecule is N#Cc1ccc(CNc2cc(N3CCCCC3)ncn2)cc1. The van der Waals surface area contributed by atoms with Gasteiger partial charge in [-0.05, 0) is 37.0 Å². The smallest absolute Gasteiger partial charge is 0.134 e. The Morgan fingerprint density at radius 3 is 2.59 bits per heavy atom. The molecule has 2 aromatic rings. The zero-order valence-electron chi connectivity index (χ0n) is 12.5. The minimum atomic E-state index is 0.679. The molecule has 1 saturated heterocycles. The third kappa shape index (κ3) is 3.53. The molecule has 0 bridgehead atoms. The summed E-state index contributed by atoms with van der Waals surface area (Å²) in [6.45, 7) is 2.83. The second-order valence-electron chi connectivity index (χ2n) is 5.47. The maximum atomic E-state index is 8.80. The van der Waals surface area contributed by atoms with Gasteiger partial charge < -0.3 is 10.2 Å². The quantitative estimate of drug-likeness (QED) is 0.939. The Balaban J connectivity index is 1.63. The molecule has 1 N–H and O–H groups in total. The number of nitriles is 1. The maximum absolute atomic E-state index is 8.80. The average molecular weight is 293 g/mol. The summed E-state index contributed by atoms with van der Waals surface area (Å²) in [6.07, 6.45) is 5.40. The van der Waals surface area contributed by atoms with Crippen LogP contribution >= 0.6 is 0 Å². The average Bonchev–Trinajstić information content (AvgIpc) is 2.61. The Morgan fingerprint density at radius 2 is 1.86 bits per heavy atom. The van der Waals surface area contributed by atoms with Crippen LogP contribution in [0.25, 0.3) is 0 Å². The van der Waals surface area contributed by atoms with Gasteiger partial charge in [-0.25, -0.2) is 9.97 Å². The molecule has 0 radical (unpaired) electrons. The molecule has 1 aliphatic rings. The minimum Gasteiger partial charge on any atom is -0.366 e. The van der Waals surface area contributed by atoms with Crippen molar-refractivity contribution < 1.29 is 0 Å². The number of aromatic nitrogens is 2. The number of piperidine rings is 1. The topological polar surface area (TPSA) is 64.8 Å². The van der Waals surface area contributed by atoms with Crippen molar-refractivity contribution in [1.29, 1.82) is 5.26 Å². The molecule has 3 rings (SSSR count). The van der Waals surface area contributed by atoms with E-state index in [1.54, 1.807) is 6.33 Å². The Morgan fingerprint density at radius 1 is 1.09 bits per heavy atom. The summed E-state index contributed by atoms with van der Waals surface area (Å²) in [5.74, 6) is 1.83. The molecular weight excluding hydrogens is 274 g/mol. The van der Waals surface area contributed by atoms with Crippen LogP contribution in [-0.2, 0) is 6.54 Å². The van der Waals surface area contributed by atoms with Crippen molar-refractivity contribution in [3.63, 3.8) is 0 Å². The molecule has 5 heteroatoms. The van der Waals surface area contributed by atoms with Gasteiger partial charge in [-0.1, -0.05) is 12.1 Å². The molecule has 0 aliphatic carbocycles. The summed E-state index contributed by atoms with van der Waals surface area (Å²) in [5.41, 5.74) is 1.80. The number of benzene rings is 1. The van der Waals surface area contributed by atoms with Crippen LogP contribution in [0.1, 0.15) is 30.4 Å². The molecule has 1 aliphatic heterocycles. The number of nitrogens with zero attached hydrogens (tertiary/aromatic N) is 4. The van der Waals surface area contributed by atoms with E-state index in [0.717, 1.165) is 30.3 Å². The molecule has 2 heterocycles. The third-order valence-corrected chi connectivity index (χ3v) is 3.89. The number of hydrogen-bond acceptors (Lipinski definition) is 5. The lowest BCUT2D eigenvalue weighted by Crippen LogP contribution is -2.30. The van der Waals surface area contributed by atoms with Gasteiger partial charge in [0.1, 0.15) is 18.0 Å². The molecule has 1 aromatic heterocycles. The van der Waals surface area contributed by atoms with Crippen LogP contribution in [-0.4, -0.2) is 23.1 Å². The maximum Gasteiger partial charge on any atom is 0.134 e. The molecule has 0 unspecified atom stereocenters. The fraction of sp³-hybridized carbons (Fsp3) is 0.353. The van der Waals surface area contributed by atoms with Crippen LogP contribution in [0.4, 0.5) is 11.6 Å². The number of nitrogens with one attached hydrogen (secondary N) is 1. The van der Waals surface area contributed by atoms with Crippen LogP contribution < -0.4 is 10.2 Å². The third-order valence-electron chi connectivity index (χ3n) is 3.89. The number of rotatable bonds is 4. The van der Waals surface area contributed by atoms with Gasteiger partial charge in [-0.2, -0.15) is 5.26 Å². The van der Waals surface area contributed by atoms with E-state index in [1.165, 1.54) is 19.3 Å². The molecule has 0 spiro atoms. The first-order valence-electron chi connectivity index (χ1n) is 7.65. The summed E-state index contributed by atoms with van der Waals surface area (Å²) < 4.78 is 0. The van der Waals surface area contributed by atoms with Gasteiger partial charge in [0.2, 0.25) is 0 Å². The molecule has 1 fully saturated rings. The minimum absolute atomic E-state index is 0.679. The van der Waals surface area contributed by atoms with Gasteiger partial charge in [0.05, 0.1) is 11.6 Å². The van der Waals surface area contributed by atoms with Crippen molar-refractivity contribution in [3.8, 4) is 6.07 Å². The molecule has 0 amide bonds. The molecule has 1 aromatic carbocycles. The van der Waals surface area contributed by atoms with Crippen LogP contribution in [0.15, 0.2) is 36.7 Å². The first kappa shape index (κ1) is 14.3. The van der Waals surface area contributed by atoms with Crippen LogP contribution in [0.3, 0.4) is 0 Å². The predicted octanol–water partition coefficient (Wildman–Crippen LogP) is 2.95. The Hall–Kier alpha value is -2.61. The van der Waals surface area contributed by atoms with Crippen LogP contribution in [0, 0.1) is 11.3 Å². The summed E-state index contributed by atoms with van der Waals surface area (Å²) in [6, 6.07) is 11.7. The largest absolute Gasteiger partial charge is 0.366 e. The predicted molar refractivity (Wildman–Crippen MR) is 86.6 cm³/mol. The van der Waals surface area contributed by atoms with E-state index in [4.69, 9.17) is 5.26 Å². The summed E-state index contributed by atoms with van der Waals surface area (Å²) >= 11 is 0. The van der Waals surface area contributed by atoms with Crippen molar-refractivity contribution in [2.45, 2.75) is 25.8 Å². The molecule has 5 nitrogen and oxygen atoms in total. The summed E-state index contributed by atoms with van der Waals surface area (Å²) in [4.78, 5) is 11.0. The van der Waals surface area contributed by atoms with Crippen LogP contribution in [0.5, 0.6) is 0 Å². The van der Waals surface area contributed by atoms with E-state index in [0.29, 0.717) is 12.1 Å². The van der Waals surface area contributed by atoms with Crippen molar-refractivity contribution in [2.75, 3.05) is 23.3 Å². The fourth-order valence-electron chi connectivity index (χ4n) is 2.63. The lowest BCUT2D eigenvalue weighted by atomic mass is 10.1. The zero-order chi connectivity index (χ0) is 15.2. The van der Waals surface area contributed by atoms with Gasteiger partial charge in [0, 0.05) is 25.7 Å². The standard InChI is InChI=1S/C17H19N5/c18-11-14-4-6-15(7-5-14)12-19-16-10-17(21-13-20-16)22-8-2-1-3-9-22/h4-7,10,13H,1-3,8-9,12H2,(H,19,20,21). The summed E-state index contributed by atoms with van der Waals surface area (Å²) in [5, 5.41) is 12.1. The highest BCUT2D eigenvalue weighted by Gasteiger charge is 2.12. The zero-order valence-corrected chi connectivity index (χ0v) is 12.5. The van der Waals surface area contributed by atoms with Gasteiger partial charge >= 0.3 is 0 Å². The Bertz CT molecular complexity index is 653. The van der Waals surface area contributed by atoms with E-state index >= 15 is 0 Å². The Kier molecular flexibility index (Phi) is 4.50. The first-order valence-corrected chi connectivity index (χ1v) is 7.65. The van der Waals surface area contributed by atoms with E-state index < -0.39 is 0 Å². The van der Waals surface area contributed by atoms with E-state index in [1.807, 2.05) is 30.3 Å². The summed E-state index contributed by atoms with van der Waals surface area (Å²) in [7, 11) is 0. The van der Waals surface area contributed by atoms with Crippen molar-refractivity contribution >= 4 is 11.6 Å². The lowest BCUT2D eigenvalue weighted by molar-refractivity contribution is 0.573. The monoisotopic (exact) mass is 293 g/mol. The second kappa shape index (κ2) is 6.90. The highest BCUT2D eigenvalue weighted by Crippen LogP contribution is 2.19. The van der Waals surface area contributed by atoms with Crippen molar-refractivity contribution in [3.05, 3.63) is 47.8 Å². The number of anilines is 2. The van der Waals surface area contributed by atoms with Gasteiger partial charge in [0.25, 0.3) is 0 Å². The number of hydrogen-bond donors (Lipinski definition) is 1. The second-order valence-corrected chi connectivity index (χ2v) is 5.47. The Labute approximate surface area is 130 Å². The highest BCUT2D eigenvalue weighted by atomic mass is 15.2. The van der Waals surface area contributed by atoms with E-state index in [2.05, 4.69) is 26.3 Å². The normalized spacial score (nSPS) is 14.4. The molecular formula is C17H19N5. The molecule has 22 heavy (non-hydrogen) atoms. The highest BCUT2D eigenvalue weighted by molar-refractivity contribution is 5.49. The molecule has 0 saturated carbocycles. The fourth-order valence-corrected chi connectivity index (χ4v) is 2.63. The lowest BCUT2D eigenvalue weighted by Gasteiger charge is -2.27. The van der Waals surface area contributed by atoms with Gasteiger partial charge in [0.15, 0.2) is 0 Å². The van der Waals surface area contributed by atoms with E-state index in [9.17, 15) is 0 Å². The van der Waals surface area contributed by atoms with E-state index in [-0.39, 0.29) is 0 Å². The van der Waals surface area contributed by atoms with Crippen molar-refractivity contribution in [1.82, 2.24) is 9.97 Å². The van der Waals surface area contributed by atoms with Gasteiger partial charge in [-0.15, -0.1) is 0 Å². The molecule has 0 atom stereocenters. The first-order chi connectivity index (χ1) is 10.8. The van der Waals surface area contributed by atoms with Gasteiger partial charge in [-0.3, -0.25) is 0 Å². The molecule has 112 valence electrons. The van der Waals surface area contributed by atoms with Crippen LogP contribution in [0.2, 0.25) is 0 Å².